The molecular formula is C23H17ClF3N3O2. The molecule has 0 fully saturated rings. The summed E-state index contributed by atoms with van der Waals surface area (Å²) in [7, 11) is 0. The van der Waals surface area contributed by atoms with Crippen LogP contribution in [0.25, 0.3) is 28.3 Å². The first kappa shape index (κ1) is 21.7. The summed E-state index contributed by atoms with van der Waals surface area (Å²) in [6.07, 6.45) is -3.11. The van der Waals surface area contributed by atoms with Crippen molar-refractivity contribution in [1.29, 1.82) is 0 Å². The highest BCUT2D eigenvalue weighted by Gasteiger charge is 2.39. The Bertz CT molecular complexity index is 1270. The molecule has 32 heavy (non-hydrogen) atoms. The Kier molecular flexibility index (Phi) is 5.56. The Hall–Kier alpha value is -3.52. The molecule has 0 aliphatic heterocycles. The van der Waals surface area contributed by atoms with E-state index in [-0.39, 0.29) is 11.5 Å². The van der Waals surface area contributed by atoms with E-state index in [1.807, 2.05) is 6.92 Å². The average Bonchev–Trinajstić information content (AvgIpc) is 3.13. The number of benzene rings is 2. The summed E-state index contributed by atoms with van der Waals surface area (Å²) in [6, 6.07) is 13.4. The summed E-state index contributed by atoms with van der Waals surface area (Å²) in [5, 5.41) is 23.3. The van der Waals surface area contributed by atoms with E-state index in [2.05, 4.69) is 10.1 Å². The maximum atomic E-state index is 13.9. The van der Waals surface area contributed by atoms with Crippen molar-refractivity contribution >= 4 is 11.6 Å². The van der Waals surface area contributed by atoms with Gasteiger partial charge in [-0.3, -0.25) is 0 Å². The van der Waals surface area contributed by atoms with Gasteiger partial charge in [0.1, 0.15) is 17.1 Å². The molecule has 2 aromatic carbocycles. The Morgan fingerprint density at radius 3 is 2.00 bits per heavy atom. The lowest BCUT2D eigenvalue weighted by Crippen LogP contribution is -2.15. The van der Waals surface area contributed by atoms with Gasteiger partial charge in [0.2, 0.25) is 0 Å². The van der Waals surface area contributed by atoms with Gasteiger partial charge in [-0.15, -0.1) is 0 Å². The third-order valence-corrected chi connectivity index (χ3v) is 5.30. The van der Waals surface area contributed by atoms with Crippen LogP contribution in [0.3, 0.4) is 0 Å². The molecule has 0 saturated heterocycles. The molecule has 0 aliphatic carbocycles. The predicted molar refractivity (Wildman–Crippen MR) is 115 cm³/mol. The van der Waals surface area contributed by atoms with Gasteiger partial charge in [0.05, 0.1) is 16.4 Å². The molecule has 0 aliphatic rings. The van der Waals surface area contributed by atoms with E-state index in [4.69, 9.17) is 11.6 Å². The van der Waals surface area contributed by atoms with Crippen LogP contribution in [0.15, 0.2) is 60.8 Å². The number of phenols is 2. The Morgan fingerprint density at radius 2 is 1.47 bits per heavy atom. The number of nitrogens with zero attached hydrogens (tertiary/aromatic N) is 3. The number of alkyl halides is 3. The van der Waals surface area contributed by atoms with Gasteiger partial charge in [-0.25, -0.2) is 9.67 Å². The molecule has 164 valence electrons. The van der Waals surface area contributed by atoms with Crippen LogP contribution in [0.2, 0.25) is 5.02 Å². The number of pyridine rings is 1. The van der Waals surface area contributed by atoms with Gasteiger partial charge in [-0.2, -0.15) is 18.3 Å². The number of aromatic hydroxyl groups is 2. The molecule has 9 heteroatoms. The minimum Gasteiger partial charge on any atom is -0.508 e. The van der Waals surface area contributed by atoms with E-state index < -0.39 is 22.6 Å². The number of rotatable bonds is 4. The highest BCUT2D eigenvalue weighted by Crippen LogP contribution is 2.41. The zero-order chi connectivity index (χ0) is 23.0. The van der Waals surface area contributed by atoms with Gasteiger partial charge in [0.25, 0.3) is 0 Å². The second-order valence-electron chi connectivity index (χ2n) is 7.02. The molecule has 0 saturated carbocycles. The standard InChI is InChI=1S/C23H17ClF3N3O2/c1-2-17-20(13-3-7-15(31)8-4-13)29-30(21(17)14-5-9-16(32)10-6-14)22-19(23(25,26)27)18(24)11-12-28-22/h3-12,31-32H,2H2,1H3. The van der Waals surface area contributed by atoms with Crippen LogP contribution in [0.5, 0.6) is 11.5 Å². The van der Waals surface area contributed by atoms with E-state index in [9.17, 15) is 23.4 Å². The maximum absolute atomic E-state index is 13.9. The zero-order valence-electron chi connectivity index (χ0n) is 16.7. The van der Waals surface area contributed by atoms with Crippen molar-refractivity contribution in [3.63, 3.8) is 0 Å². The Labute approximate surface area is 186 Å². The normalized spacial score (nSPS) is 11.7. The first-order valence-electron chi connectivity index (χ1n) is 9.63. The highest BCUT2D eigenvalue weighted by atomic mass is 35.5. The molecular weight excluding hydrogens is 443 g/mol. The summed E-state index contributed by atoms with van der Waals surface area (Å²) >= 11 is 5.94. The second-order valence-corrected chi connectivity index (χ2v) is 7.43. The Morgan fingerprint density at radius 1 is 0.906 bits per heavy atom. The SMILES string of the molecule is CCc1c(-c2ccc(O)cc2)nn(-c2nccc(Cl)c2C(F)(F)F)c1-c1ccc(O)cc1. The fourth-order valence-corrected chi connectivity index (χ4v) is 3.80. The van der Waals surface area contributed by atoms with Crippen molar-refractivity contribution in [1.82, 2.24) is 14.8 Å². The second kappa shape index (κ2) is 8.20. The molecule has 5 nitrogen and oxygen atoms in total. The number of aromatic nitrogens is 3. The number of phenolic OH excluding ortho intramolecular Hbond substituents is 2. The van der Waals surface area contributed by atoms with Crippen LogP contribution in [-0.4, -0.2) is 25.0 Å². The fraction of sp³-hybridized carbons (Fsp3) is 0.130. The molecule has 2 aromatic heterocycles. The van der Waals surface area contributed by atoms with E-state index in [0.29, 0.717) is 34.5 Å². The van der Waals surface area contributed by atoms with Gasteiger partial charge < -0.3 is 10.2 Å². The van der Waals surface area contributed by atoms with Crippen molar-refractivity contribution in [3.05, 3.63) is 76.9 Å². The largest absolute Gasteiger partial charge is 0.508 e. The first-order chi connectivity index (χ1) is 15.2. The van der Waals surface area contributed by atoms with E-state index in [1.165, 1.54) is 30.5 Å². The van der Waals surface area contributed by atoms with Crippen molar-refractivity contribution in [2.24, 2.45) is 0 Å². The molecule has 0 amide bonds. The summed E-state index contributed by atoms with van der Waals surface area (Å²) in [4.78, 5) is 3.98. The summed E-state index contributed by atoms with van der Waals surface area (Å²) < 4.78 is 42.9. The van der Waals surface area contributed by atoms with Crippen molar-refractivity contribution in [2.75, 3.05) is 0 Å². The fourth-order valence-electron chi connectivity index (χ4n) is 3.56. The van der Waals surface area contributed by atoms with Gasteiger partial charge in [0.15, 0.2) is 5.82 Å². The van der Waals surface area contributed by atoms with Crippen molar-refractivity contribution < 1.29 is 23.4 Å². The molecule has 0 unspecified atom stereocenters. The maximum Gasteiger partial charge on any atom is 0.421 e. The third kappa shape index (κ3) is 3.89. The molecule has 0 radical (unpaired) electrons. The number of hydrogen-bond donors (Lipinski definition) is 2. The highest BCUT2D eigenvalue weighted by molar-refractivity contribution is 6.31. The summed E-state index contributed by atoms with van der Waals surface area (Å²) in [5.74, 6) is -0.373. The Balaban J connectivity index is 2.08. The topological polar surface area (TPSA) is 71.2 Å². The lowest BCUT2D eigenvalue weighted by Gasteiger charge is -2.15. The van der Waals surface area contributed by atoms with Crippen LogP contribution >= 0.6 is 11.6 Å². The quantitative estimate of drug-likeness (QED) is 0.378. The lowest BCUT2D eigenvalue weighted by atomic mass is 9.99. The molecule has 0 spiro atoms. The van der Waals surface area contributed by atoms with Crippen LogP contribution in [0.1, 0.15) is 18.1 Å². The van der Waals surface area contributed by atoms with Crippen LogP contribution < -0.4 is 0 Å². The molecule has 4 aromatic rings. The minimum absolute atomic E-state index is 0.0217. The predicted octanol–water partition coefficient (Wildman–Crippen LogP) is 6.25. The monoisotopic (exact) mass is 459 g/mol. The van der Waals surface area contributed by atoms with Gasteiger partial charge in [-0.1, -0.05) is 18.5 Å². The number of halogens is 4. The average molecular weight is 460 g/mol. The van der Waals surface area contributed by atoms with Gasteiger partial charge in [0, 0.05) is 22.9 Å². The number of hydrogen-bond acceptors (Lipinski definition) is 4. The van der Waals surface area contributed by atoms with Gasteiger partial charge in [-0.05, 0) is 61.0 Å². The van der Waals surface area contributed by atoms with Crippen molar-refractivity contribution in [2.45, 2.75) is 19.5 Å². The molecule has 2 heterocycles. The summed E-state index contributed by atoms with van der Waals surface area (Å²) in [5.41, 5.74) is 1.60. The molecule has 0 atom stereocenters. The molecule has 0 bridgehead atoms. The minimum atomic E-state index is -4.76. The van der Waals surface area contributed by atoms with Crippen LogP contribution in [0.4, 0.5) is 13.2 Å². The van der Waals surface area contributed by atoms with E-state index in [0.717, 1.165) is 10.7 Å². The van der Waals surface area contributed by atoms with Crippen molar-refractivity contribution in [3.8, 4) is 39.8 Å². The van der Waals surface area contributed by atoms with Crippen LogP contribution in [0, 0.1) is 0 Å². The van der Waals surface area contributed by atoms with Gasteiger partial charge >= 0.3 is 6.18 Å². The van der Waals surface area contributed by atoms with Crippen LogP contribution in [-0.2, 0) is 12.6 Å². The van der Waals surface area contributed by atoms with E-state index >= 15 is 0 Å². The molecule has 2 N–H and O–H groups in total. The first-order valence-corrected chi connectivity index (χ1v) is 10.0. The molecule has 4 rings (SSSR count). The summed E-state index contributed by atoms with van der Waals surface area (Å²) in [6.45, 7) is 1.87. The zero-order valence-corrected chi connectivity index (χ0v) is 17.5. The lowest BCUT2D eigenvalue weighted by molar-refractivity contribution is -0.137. The van der Waals surface area contributed by atoms with E-state index in [1.54, 1.807) is 24.3 Å². The third-order valence-electron chi connectivity index (χ3n) is 4.98. The smallest absolute Gasteiger partial charge is 0.421 e.